The van der Waals surface area contributed by atoms with E-state index in [4.69, 9.17) is 0 Å². The molecule has 0 radical (unpaired) electrons. The number of benzene rings is 1. The van der Waals surface area contributed by atoms with Gasteiger partial charge in [0.15, 0.2) is 0 Å². The van der Waals surface area contributed by atoms with E-state index in [1.54, 1.807) is 18.2 Å². The number of aromatic amines is 1. The zero-order chi connectivity index (χ0) is 17.4. The molecule has 1 aliphatic carbocycles. The number of aryl methyl sites for hydroxylation is 2. The molecule has 4 nitrogen and oxygen atoms in total. The summed E-state index contributed by atoms with van der Waals surface area (Å²) in [7, 11) is 0. The van der Waals surface area contributed by atoms with E-state index < -0.39 is 0 Å². The second-order valence-electron chi connectivity index (χ2n) is 6.99. The molecule has 1 atom stereocenters. The topological polar surface area (TPSA) is 53.2 Å². The van der Waals surface area contributed by atoms with Crippen LogP contribution in [0.2, 0.25) is 0 Å². The van der Waals surface area contributed by atoms with Crippen LogP contribution in [0.15, 0.2) is 35.1 Å². The number of fused-ring (bicyclic) bond motifs is 1. The Hall–Kier alpha value is -2.43. The van der Waals surface area contributed by atoms with E-state index in [0.29, 0.717) is 13.0 Å². The number of amides is 1. The van der Waals surface area contributed by atoms with Crippen molar-refractivity contribution in [1.82, 2.24) is 9.88 Å². The van der Waals surface area contributed by atoms with Gasteiger partial charge in [-0.2, -0.15) is 0 Å². The summed E-state index contributed by atoms with van der Waals surface area (Å²) in [5.74, 6) is -0.437. The molecule has 1 fully saturated rings. The zero-order valence-electron chi connectivity index (χ0n) is 14.1. The summed E-state index contributed by atoms with van der Waals surface area (Å²) < 4.78 is 13.1. The molecular formula is C20H21FN2O2. The lowest BCUT2D eigenvalue weighted by Crippen LogP contribution is -2.39. The number of carbonyl (C=O) groups excluding carboxylic acids is 1. The van der Waals surface area contributed by atoms with Crippen LogP contribution in [-0.4, -0.2) is 28.4 Å². The molecule has 1 aromatic heterocycles. The fourth-order valence-electron chi connectivity index (χ4n) is 4.03. The van der Waals surface area contributed by atoms with Crippen LogP contribution in [0.25, 0.3) is 0 Å². The number of carbonyl (C=O) groups is 1. The molecule has 2 aromatic rings. The minimum Gasteiger partial charge on any atom is -0.335 e. The molecule has 1 unspecified atom stereocenters. The number of rotatable bonds is 3. The number of aromatic nitrogens is 1. The molecule has 1 N–H and O–H groups in total. The van der Waals surface area contributed by atoms with Crippen molar-refractivity contribution < 1.29 is 9.18 Å². The molecule has 0 spiro atoms. The number of nitrogens with zero attached hydrogens (tertiary/aromatic N) is 1. The fourth-order valence-corrected chi connectivity index (χ4v) is 4.03. The van der Waals surface area contributed by atoms with Gasteiger partial charge in [-0.05, 0) is 67.9 Å². The minimum absolute atomic E-state index is 0.0608. The summed E-state index contributed by atoms with van der Waals surface area (Å²) in [5, 5.41) is 0. The quantitative estimate of drug-likeness (QED) is 0.934. The van der Waals surface area contributed by atoms with Gasteiger partial charge in [-0.15, -0.1) is 0 Å². The van der Waals surface area contributed by atoms with Crippen molar-refractivity contribution in [2.45, 2.75) is 44.6 Å². The van der Waals surface area contributed by atoms with E-state index >= 15 is 0 Å². The lowest BCUT2D eigenvalue weighted by Gasteiger charge is -2.25. The highest BCUT2D eigenvalue weighted by molar-refractivity contribution is 5.94. The predicted molar refractivity (Wildman–Crippen MR) is 93.3 cm³/mol. The Bertz CT molecular complexity index is 857. The number of likely N-dealkylation sites (tertiary alicyclic amines) is 1. The first-order valence-corrected chi connectivity index (χ1v) is 8.92. The van der Waals surface area contributed by atoms with Gasteiger partial charge in [-0.3, -0.25) is 9.59 Å². The molecule has 1 aliphatic heterocycles. The first-order chi connectivity index (χ1) is 12.1. The molecule has 25 heavy (non-hydrogen) atoms. The van der Waals surface area contributed by atoms with Crippen LogP contribution in [0.1, 0.15) is 46.4 Å². The first-order valence-electron chi connectivity index (χ1n) is 8.92. The Labute approximate surface area is 145 Å². The van der Waals surface area contributed by atoms with Crippen molar-refractivity contribution in [3.05, 3.63) is 68.9 Å². The predicted octanol–water partition coefficient (Wildman–Crippen LogP) is 2.85. The lowest BCUT2D eigenvalue weighted by atomic mass is 10.0. The average Bonchev–Trinajstić information content (AvgIpc) is 3.24. The van der Waals surface area contributed by atoms with Gasteiger partial charge in [-0.25, -0.2) is 4.39 Å². The first kappa shape index (κ1) is 16.1. The molecule has 0 saturated carbocycles. The number of halogens is 1. The molecule has 1 saturated heterocycles. The Morgan fingerprint density at radius 3 is 2.80 bits per heavy atom. The highest BCUT2D eigenvalue weighted by Gasteiger charge is 2.31. The lowest BCUT2D eigenvalue weighted by molar-refractivity contribution is 0.0734. The van der Waals surface area contributed by atoms with E-state index in [9.17, 15) is 14.0 Å². The molecule has 4 rings (SSSR count). The normalized spacial score (nSPS) is 19.2. The van der Waals surface area contributed by atoms with E-state index in [1.165, 1.54) is 12.1 Å². The monoisotopic (exact) mass is 340 g/mol. The summed E-state index contributed by atoms with van der Waals surface area (Å²) in [4.78, 5) is 30.0. The summed E-state index contributed by atoms with van der Waals surface area (Å²) in [6.07, 6.45) is 5.36. The molecule has 0 bridgehead atoms. The average molecular weight is 340 g/mol. The van der Waals surface area contributed by atoms with Crippen molar-refractivity contribution in [2.24, 2.45) is 0 Å². The van der Waals surface area contributed by atoms with Gasteiger partial charge in [-0.1, -0.05) is 12.1 Å². The van der Waals surface area contributed by atoms with E-state index in [0.717, 1.165) is 48.9 Å². The number of nitrogens with one attached hydrogen (secondary N) is 1. The maximum absolute atomic E-state index is 13.1. The molecule has 1 amide bonds. The zero-order valence-corrected chi connectivity index (χ0v) is 14.1. The van der Waals surface area contributed by atoms with E-state index in [2.05, 4.69) is 4.98 Å². The van der Waals surface area contributed by atoms with Crippen LogP contribution in [-0.2, 0) is 19.3 Å². The number of pyridine rings is 1. The highest BCUT2D eigenvalue weighted by atomic mass is 19.1. The van der Waals surface area contributed by atoms with Gasteiger partial charge < -0.3 is 9.88 Å². The van der Waals surface area contributed by atoms with E-state index in [1.807, 2.05) is 4.90 Å². The second kappa shape index (κ2) is 6.47. The molecule has 2 heterocycles. The summed E-state index contributed by atoms with van der Waals surface area (Å²) in [6, 6.07) is 8.27. The van der Waals surface area contributed by atoms with Gasteiger partial charge in [0.05, 0.1) is 0 Å². The van der Waals surface area contributed by atoms with Crippen LogP contribution < -0.4 is 5.56 Å². The Morgan fingerprint density at radius 1 is 1.20 bits per heavy atom. The third-order valence-electron chi connectivity index (χ3n) is 5.34. The van der Waals surface area contributed by atoms with Crippen molar-refractivity contribution in [3.8, 4) is 0 Å². The van der Waals surface area contributed by atoms with Gasteiger partial charge in [0, 0.05) is 18.3 Å². The number of H-pyrrole nitrogens is 1. The van der Waals surface area contributed by atoms with Crippen molar-refractivity contribution >= 4 is 5.91 Å². The summed E-state index contributed by atoms with van der Waals surface area (Å²) in [6.45, 7) is 0.668. The Kier molecular flexibility index (Phi) is 4.15. The molecule has 2 aliphatic rings. The smallest absolute Gasteiger partial charge is 0.261 e. The largest absolute Gasteiger partial charge is 0.335 e. The Morgan fingerprint density at radius 2 is 2.00 bits per heavy atom. The van der Waals surface area contributed by atoms with Gasteiger partial charge in [0.25, 0.3) is 11.5 Å². The van der Waals surface area contributed by atoms with Gasteiger partial charge >= 0.3 is 0 Å². The third-order valence-corrected chi connectivity index (χ3v) is 5.34. The SMILES string of the molecule is O=C(c1cc2c([nH]c1=O)CCC2)N1CCCC1Cc1ccc(F)cc1. The fraction of sp³-hybridized carbons (Fsp3) is 0.400. The summed E-state index contributed by atoms with van der Waals surface area (Å²) >= 11 is 0. The molecule has 130 valence electrons. The molecule has 5 heteroatoms. The maximum atomic E-state index is 13.1. The van der Waals surface area contributed by atoms with Gasteiger partial charge in [0.1, 0.15) is 11.4 Å². The minimum atomic E-state index is -0.280. The highest BCUT2D eigenvalue weighted by Crippen LogP contribution is 2.24. The van der Waals surface area contributed by atoms with E-state index in [-0.39, 0.29) is 28.9 Å². The van der Waals surface area contributed by atoms with Crippen LogP contribution in [0.4, 0.5) is 4.39 Å². The maximum Gasteiger partial charge on any atom is 0.261 e. The molecule has 1 aromatic carbocycles. The Balaban J connectivity index is 1.57. The standard InChI is InChI=1S/C20H21FN2O2/c21-15-8-6-13(7-9-15)11-16-4-2-10-23(16)20(25)17-12-14-3-1-5-18(14)22-19(17)24/h6-9,12,16H,1-5,10-11H2,(H,22,24). The third kappa shape index (κ3) is 3.11. The van der Waals surface area contributed by atoms with Crippen LogP contribution in [0, 0.1) is 5.82 Å². The summed E-state index contributed by atoms with van der Waals surface area (Å²) in [5.41, 5.74) is 3.06. The van der Waals surface area contributed by atoms with Crippen molar-refractivity contribution in [2.75, 3.05) is 6.54 Å². The van der Waals surface area contributed by atoms with Crippen molar-refractivity contribution in [1.29, 1.82) is 0 Å². The number of hydrogen-bond acceptors (Lipinski definition) is 2. The van der Waals surface area contributed by atoms with Crippen LogP contribution in [0.3, 0.4) is 0 Å². The van der Waals surface area contributed by atoms with Crippen LogP contribution >= 0.6 is 0 Å². The van der Waals surface area contributed by atoms with Crippen LogP contribution in [0.5, 0.6) is 0 Å². The second-order valence-corrected chi connectivity index (χ2v) is 6.99. The van der Waals surface area contributed by atoms with Crippen molar-refractivity contribution in [3.63, 3.8) is 0 Å². The molecular weight excluding hydrogens is 319 g/mol. The van der Waals surface area contributed by atoms with Gasteiger partial charge in [0.2, 0.25) is 0 Å². The number of hydrogen-bond donors (Lipinski definition) is 1.